The summed E-state index contributed by atoms with van der Waals surface area (Å²) in [5.74, 6) is 0. The van der Waals surface area contributed by atoms with Crippen LogP contribution >= 0.6 is 0 Å². The number of halogens is 3. The lowest BCUT2D eigenvalue weighted by atomic mass is 10.3. The van der Waals surface area contributed by atoms with E-state index >= 15 is 0 Å². The van der Waals surface area contributed by atoms with Gasteiger partial charge >= 0.3 is 6.18 Å². The van der Waals surface area contributed by atoms with Gasteiger partial charge in [-0.15, -0.1) is 0 Å². The molecule has 21 heavy (non-hydrogen) atoms. The number of anilines is 2. The molecule has 0 unspecified atom stereocenters. The first-order valence-corrected chi connectivity index (χ1v) is 7.08. The molecule has 0 atom stereocenters. The van der Waals surface area contributed by atoms with Gasteiger partial charge in [0.25, 0.3) is 10.0 Å². The van der Waals surface area contributed by atoms with Crippen LogP contribution in [-0.2, 0) is 16.2 Å². The number of alkyl halides is 3. The Hall–Kier alpha value is -2.29. The van der Waals surface area contributed by atoms with Gasteiger partial charge < -0.3 is 5.73 Å². The Balaban J connectivity index is 2.23. The van der Waals surface area contributed by atoms with E-state index in [1.807, 2.05) is 0 Å². The van der Waals surface area contributed by atoms with Crippen molar-refractivity contribution in [1.82, 2.24) is 4.98 Å². The lowest BCUT2D eigenvalue weighted by Gasteiger charge is -2.09. The standard InChI is InChI=1S/C12H10F3N3O2S/c13-12(14,15)11-6-3-9(7-17-11)18-21(19,20)10-4-1-8(16)2-5-10/h1-7,18H,16H2. The predicted octanol–water partition coefficient (Wildman–Crippen LogP) is 2.48. The maximum Gasteiger partial charge on any atom is 0.433 e. The number of sulfonamides is 1. The van der Waals surface area contributed by atoms with Crippen LogP contribution in [0.2, 0.25) is 0 Å². The van der Waals surface area contributed by atoms with Gasteiger partial charge in [-0.3, -0.25) is 4.72 Å². The minimum absolute atomic E-state index is 0.0587. The van der Waals surface area contributed by atoms with E-state index in [1.54, 1.807) is 0 Å². The van der Waals surface area contributed by atoms with Crippen LogP contribution in [0.25, 0.3) is 0 Å². The van der Waals surface area contributed by atoms with Crippen molar-refractivity contribution in [3.05, 3.63) is 48.3 Å². The zero-order chi connectivity index (χ0) is 15.7. The molecule has 2 rings (SSSR count). The smallest absolute Gasteiger partial charge is 0.399 e. The molecule has 112 valence electrons. The van der Waals surface area contributed by atoms with Crippen LogP contribution in [0.3, 0.4) is 0 Å². The minimum atomic E-state index is -4.58. The SMILES string of the molecule is Nc1ccc(S(=O)(=O)Nc2ccc(C(F)(F)F)nc2)cc1. The van der Waals surface area contributed by atoms with E-state index in [0.29, 0.717) is 11.8 Å². The van der Waals surface area contributed by atoms with Crippen molar-refractivity contribution >= 4 is 21.4 Å². The van der Waals surface area contributed by atoms with Gasteiger partial charge in [-0.1, -0.05) is 0 Å². The molecule has 1 aromatic heterocycles. The van der Waals surface area contributed by atoms with Gasteiger partial charge in [0, 0.05) is 5.69 Å². The van der Waals surface area contributed by atoms with Gasteiger partial charge in [0.2, 0.25) is 0 Å². The second-order valence-corrected chi connectivity index (χ2v) is 5.79. The molecule has 2 aromatic rings. The molecule has 0 aliphatic rings. The highest BCUT2D eigenvalue weighted by Gasteiger charge is 2.32. The highest BCUT2D eigenvalue weighted by Crippen LogP contribution is 2.28. The Kier molecular flexibility index (Phi) is 3.77. The molecule has 1 aromatic carbocycles. The largest absolute Gasteiger partial charge is 0.433 e. The van der Waals surface area contributed by atoms with Crippen LogP contribution in [0.1, 0.15) is 5.69 Å². The van der Waals surface area contributed by atoms with Crippen molar-refractivity contribution in [3.8, 4) is 0 Å². The average molecular weight is 317 g/mol. The van der Waals surface area contributed by atoms with Crippen LogP contribution in [-0.4, -0.2) is 13.4 Å². The van der Waals surface area contributed by atoms with E-state index < -0.39 is 21.9 Å². The summed E-state index contributed by atoms with van der Waals surface area (Å²) in [5.41, 5.74) is 4.67. The van der Waals surface area contributed by atoms with Crippen molar-refractivity contribution in [3.63, 3.8) is 0 Å². The van der Waals surface area contributed by atoms with Crippen molar-refractivity contribution in [1.29, 1.82) is 0 Å². The number of hydrogen-bond acceptors (Lipinski definition) is 4. The Morgan fingerprint density at radius 3 is 2.14 bits per heavy atom. The molecule has 0 spiro atoms. The third kappa shape index (κ3) is 3.63. The van der Waals surface area contributed by atoms with E-state index in [1.165, 1.54) is 24.3 Å². The fourth-order valence-corrected chi connectivity index (χ4v) is 2.53. The van der Waals surface area contributed by atoms with Crippen molar-refractivity contribution < 1.29 is 21.6 Å². The van der Waals surface area contributed by atoms with Gasteiger partial charge in [0.1, 0.15) is 5.69 Å². The fraction of sp³-hybridized carbons (Fsp3) is 0.0833. The van der Waals surface area contributed by atoms with Crippen molar-refractivity contribution in [2.75, 3.05) is 10.5 Å². The van der Waals surface area contributed by atoms with Crippen molar-refractivity contribution in [2.45, 2.75) is 11.1 Å². The first-order valence-electron chi connectivity index (χ1n) is 5.60. The predicted molar refractivity (Wildman–Crippen MR) is 70.9 cm³/mol. The first kappa shape index (κ1) is 15.1. The lowest BCUT2D eigenvalue weighted by molar-refractivity contribution is -0.141. The van der Waals surface area contributed by atoms with Crippen LogP contribution < -0.4 is 10.5 Å². The first-order chi connectivity index (χ1) is 9.68. The highest BCUT2D eigenvalue weighted by molar-refractivity contribution is 7.92. The zero-order valence-electron chi connectivity index (χ0n) is 10.4. The highest BCUT2D eigenvalue weighted by atomic mass is 32.2. The number of hydrogen-bond donors (Lipinski definition) is 2. The van der Waals surface area contributed by atoms with Crippen LogP contribution in [0.15, 0.2) is 47.5 Å². The number of aromatic nitrogens is 1. The van der Waals surface area contributed by atoms with Crippen LogP contribution in [0.4, 0.5) is 24.5 Å². The Morgan fingerprint density at radius 1 is 1.05 bits per heavy atom. The Morgan fingerprint density at radius 2 is 1.67 bits per heavy atom. The molecule has 0 saturated heterocycles. The number of pyridine rings is 1. The number of benzene rings is 1. The average Bonchev–Trinajstić information content (AvgIpc) is 2.38. The van der Waals surface area contributed by atoms with Gasteiger partial charge in [-0.25, -0.2) is 13.4 Å². The van der Waals surface area contributed by atoms with Crippen molar-refractivity contribution in [2.24, 2.45) is 0 Å². The molecule has 0 aliphatic carbocycles. The maximum absolute atomic E-state index is 12.3. The van der Waals surface area contributed by atoms with Gasteiger partial charge in [-0.2, -0.15) is 13.2 Å². The van der Waals surface area contributed by atoms with E-state index in [9.17, 15) is 21.6 Å². The van der Waals surface area contributed by atoms with Crippen LogP contribution in [0.5, 0.6) is 0 Å². The zero-order valence-corrected chi connectivity index (χ0v) is 11.2. The summed E-state index contributed by atoms with van der Waals surface area (Å²) in [6, 6.07) is 7.06. The molecule has 0 aliphatic heterocycles. The van der Waals surface area contributed by atoms with Gasteiger partial charge in [0.05, 0.1) is 16.8 Å². The summed E-state index contributed by atoms with van der Waals surface area (Å²) < 4.78 is 63.2. The molecule has 3 N–H and O–H groups in total. The fourth-order valence-electron chi connectivity index (χ4n) is 1.48. The molecule has 9 heteroatoms. The summed E-state index contributed by atoms with van der Waals surface area (Å²) in [5, 5.41) is 0. The van der Waals surface area contributed by atoms with E-state index in [4.69, 9.17) is 5.73 Å². The number of nitrogens with zero attached hydrogens (tertiary/aromatic N) is 1. The molecule has 0 fully saturated rings. The molecule has 0 amide bonds. The van der Waals surface area contributed by atoms with E-state index in [-0.39, 0.29) is 10.6 Å². The minimum Gasteiger partial charge on any atom is -0.399 e. The molecule has 0 bridgehead atoms. The molecule has 0 radical (unpaired) electrons. The van der Waals surface area contributed by atoms with E-state index in [0.717, 1.165) is 12.3 Å². The molecule has 5 nitrogen and oxygen atoms in total. The van der Waals surface area contributed by atoms with Gasteiger partial charge in [0.15, 0.2) is 0 Å². The monoisotopic (exact) mass is 317 g/mol. The molecular formula is C12H10F3N3O2S. The second-order valence-electron chi connectivity index (χ2n) is 4.10. The third-order valence-electron chi connectivity index (χ3n) is 2.50. The topological polar surface area (TPSA) is 85.1 Å². The Bertz CT molecular complexity index is 726. The quantitative estimate of drug-likeness (QED) is 0.852. The number of nitrogen functional groups attached to an aromatic ring is 1. The van der Waals surface area contributed by atoms with E-state index in [2.05, 4.69) is 9.71 Å². The summed E-state index contributed by atoms with van der Waals surface area (Å²) >= 11 is 0. The third-order valence-corrected chi connectivity index (χ3v) is 3.89. The number of nitrogens with two attached hydrogens (primary N) is 1. The number of nitrogens with one attached hydrogen (secondary N) is 1. The summed E-state index contributed by atoms with van der Waals surface area (Å²) in [6.45, 7) is 0. The molecule has 0 saturated carbocycles. The molecular weight excluding hydrogens is 307 g/mol. The normalized spacial score (nSPS) is 12.1. The Labute approximate surface area is 118 Å². The van der Waals surface area contributed by atoms with Gasteiger partial charge in [-0.05, 0) is 36.4 Å². The number of rotatable bonds is 3. The van der Waals surface area contributed by atoms with Crippen LogP contribution in [0, 0.1) is 0 Å². The maximum atomic E-state index is 12.3. The summed E-state index contributed by atoms with van der Waals surface area (Å²) in [6.07, 6.45) is -3.77. The summed E-state index contributed by atoms with van der Waals surface area (Å²) in [4.78, 5) is 3.11. The molecule has 1 heterocycles. The second kappa shape index (κ2) is 5.24. The lowest BCUT2D eigenvalue weighted by Crippen LogP contribution is -2.14. The summed E-state index contributed by atoms with van der Waals surface area (Å²) in [7, 11) is -3.91.